The number of quaternary nitrogens is 1. The van der Waals surface area contributed by atoms with Crippen LogP contribution in [0.1, 0.15) is 258 Å². The molecule has 0 aromatic rings. The first-order chi connectivity index (χ1) is 38.0. The summed E-state index contributed by atoms with van der Waals surface area (Å²) < 4.78 is 34.2. The van der Waals surface area contributed by atoms with E-state index < -0.39 is 32.5 Å². The molecule has 0 aliphatic rings. The Labute approximate surface area is 480 Å². The Bertz CT molecular complexity index is 1680. The minimum absolute atomic E-state index is 0.0383. The lowest BCUT2D eigenvalue weighted by Crippen LogP contribution is -2.37. The van der Waals surface area contributed by atoms with E-state index >= 15 is 0 Å². The molecule has 2 unspecified atom stereocenters. The highest BCUT2D eigenvalue weighted by Gasteiger charge is 2.22. The van der Waals surface area contributed by atoms with Gasteiger partial charge in [0.1, 0.15) is 19.8 Å². The Kier molecular flexibility index (Phi) is 55.8. The maximum Gasteiger partial charge on any atom is 0.306 e. The molecule has 0 fully saturated rings. The molecule has 0 saturated carbocycles. The summed E-state index contributed by atoms with van der Waals surface area (Å²) in [5.41, 5.74) is 0. The minimum atomic E-state index is -4.65. The molecule has 78 heavy (non-hydrogen) atoms. The van der Waals surface area contributed by atoms with E-state index in [2.05, 4.69) is 123 Å². The summed E-state index contributed by atoms with van der Waals surface area (Å²) >= 11 is 0. The van der Waals surface area contributed by atoms with Crippen molar-refractivity contribution in [1.82, 2.24) is 0 Å². The molecule has 0 rings (SSSR count). The highest BCUT2D eigenvalue weighted by atomic mass is 31.2. The van der Waals surface area contributed by atoms with Gasteiger partial charge in [-0.05, 0) is 96.3 Å². The molecule has 9 nitrogen and oxygen atoms in total. The maximum atomic E-state index is 12.8. The lowest BCUT2D eigenvalue weighted by Gasteiger charge is -2.28. The van der Waals surface area contributed by atoms with Crippen LogP contribution in [0.5, 0.6) is 0 Å². The second kappa shape index (κ2) is 58.3. The van der Waals surface area contributed by atoms with Crippen LogP contribution < -0.4 is 4.89 Å². The van der Waals surface area contributed by atoms with Gasteiger partial charge in [-0.3, -0.25) is 14.2 Å². The summed E-state index contributed by atoms with van der Waals surface area (Å²) in [6, 6.07) is 0. The number of allylic oxidation sites excluding steroid dienone is 18. The van der Waals surface area contributed by atoms with Gasteiger partial charge in [0.15, 0.2) is 6.10 Å². The molecular weight excluding hydrogens is 990 g/mol. The highest BCUT2D eigenvalue weighted by Crippen LogP contribution is 2.38. The van der Waals surface area contributed by atoms with Crippen molar-refractivity contribution in [3.63, 3.8) is 0 Å². The average Bonchev–Trinajstić information content (AvgIpc) is 3.41. The smallest absolute Gasteiger partial charge is 0.306 e. The van der Waals surface area contributed by atoms with Gasteiger partial charge in [-0.2, -0.15) is 0 Å². The lowest BCUT2D eigenvalue weighted by atomic mass is 10.0. The first-order valence-electron chi connectivity index (χ1n) is 31.6. The predicted molar refractivity (Wildman–Crippen MR) is 332 cm³/mol. The van der Waals surface area contributed by atoms with Crippen molar-refractivity contribution in [3.8, 4) is 0 Å². The number of likely N-dealkylation sites (N-methyl/N-ethyl adjacent to an activating group) is 1. The SMILES string of the molecule is CC/C=C\C/C=C\C/C=C\C/C=C\C/C=C\CCCCCCCCCCCCCCCCCCCCCCCC(=O)OC(COC(=O)CCCCCC/C=C\C/C=C\C/C=C\C/C=C\CC)COP(=O)([O-])OCC[N+](C)(C)C. The van der Waals surface area contributed by atoms with Gasteiger partial charge in [-0.15, -0.1) is 0 Å². The third kappa shape index (κ3) is 61.9. The summed E-state index contributed by atoms with van der Waals surface area (Å²) in [6.07, 6.45) is 81.6. The molecule has 0 saturated heterocycles. The standard InChI is InChI=1S/C68H118NO8P/c1-6-8-10-12-14-16-18-20-22-24-25-26-27-28-29-30-31-32-33-34-35-36-37-38-39-40-41-42-43-45-47-49-51-53-55-57-59-61-68(71)77-66(65-76-78(72,73)75-63-62-69(3,4)5)64-74-67(70)60-58-56-54-52-50-48-46-44-23-21-19-17-15-13-11-9-7-2/h8-11,14-17,20-23,25-26,28-29,46,48,66H,6-7,12-13,18-19,24,27,30-45,47,49-65H2,1-5H3/b10-8-,11-9-,16-14-,17-15-,22-20-,23-21-,26-25-,29-28-,48-46-. The summed E-state index contributed by atoms with van der Waals surface area (Å²) in [6.45, 7) is 3.99. The van der Waals surface area contributed by atoms with Crippen LogP contribution in [-0.2, 0) is 32.7 Å². The van der Waals surface area contributed by atoms with Crippen molar-refractivity contribution in [3.05, 3.63) is 109 Å². The van der Waals surface area contributed by atoms with Crippen LogP contribution in [0.4, 0.5) is 0 Å². The molecule has 0 bridgehead atoms. The number of phosphoric acid groups is 1. The highest BCUT2D eigenvalue weighted by molar-refractivity contribution is 7.45. The van der Waals surface area contributed by atoms with Gasteiger partial charge >= 0.3 is 11.9 Å². The normalized spacial score (nSPS) is 14.0. The van der Waals surface area contributed by atoms with Crippen LogP contribution in [0.15, 0.2) is 109 Å². The quantitative estimate of drug-likeness (QED) is 0.0195. The van der Waals surface area contributed by atoms with Crippen molar-refractivity contribution in [2.75, 3.05) is 47.5 Å². The fraction of sp³-hybridized carbons (Fsp3) is 0.706. The Balaban J connectivity index is 4.01. The number of hydrogen-bond acceptors (Lipinski definition) is 8. The molecule has 0 radical (unpaired) electrons. The Morgan fingerprint density at radius 1 is 0.397 bits per heavy atom. The van der Waals surface area contributed by atoms with E-state index in [1.165, 1.54) is 116 Å². The van der Waals surface area contributed by atoms with Crippen LogP contribution in [0, 0.1) is 0 Å². The fourth-order valence-corrected chi connectivity index (χ4v) is 9.23. The van der Waals surface area contributed by atoms with Gasteiger partial charge in [-0.25, -0.2) is 0 Å². The van der Waals surface area contributed by atoms with E-state index in [1.807, 2.05) is 21.1 Å². The van der Waals surface area contributed by atoms with E-state index in [1.54, 1.807) is 0 Å². The number of rotatable bonds is 57. The molecule has 0 spiro atoms. The van der Waals surface area contributed by atoms with E-state index in [0.717, 1.165) is 103 Å². The van der Waals surface area contributed by atoms with Crippen molar-refractivity contribution >= 4 is 19.8 Å². The Hall–Kier alpha value is -3.33. The van der Waals surface area contributed by atoms with Gasteiger partial charge in [0.2, 0.25) is 0 Å². The number of unbranched alkanes of at least 4 members (excludes halogenated alkanes) is 25. The number of phosphoric ester groups is 1. The fourth-order valence-electron chi connectivity index (χ4n) is 8.50. The Morgan fingerprint density at radius 3 is 1.03 bits per heavy atom. The molecule has 448 valence electrons. The molecule has 0 aliphatic carbocycles. The van der Waals surface area contributed by atoms with Gasteiger partial charge in [0.25, 0.3) is 7.82 Å². The van der Waals surface area contributed by atoms with Gasteiger partial charge in [-0.1, -0.05) is 258 Å². The van der Waals surface area contributed by atoms with Crippen molar-refractivity contribution in [1.29, 1.82) is 0 Å². The van der Waals surface area contributed by atoms with E-state index in [4.69, 9.17) is 18.5 Å². The third-order valence-electron chi connectivity index (χ3n) is 13.3. The summed E-state index contributed by atoms with van der Waals surface area (Å²) in [5, 5.41) is 0. The first kappa shape index (κ1) is 74.7. The first-order valence-corrected chi connectivity index (χ1v) is 33.1. The van der Waals surface area contributed by atoms with Crippen LogP contribution >= 0.6 is 7.82 Å². The zero-order valence-corrected chi connectivity index (χ0v) is 51.7. The average molecular weight is 1110 g/mol. The molecule has 0 aliphatic heterocycles. The van der Waals surface area contributed by atoms with Crippen LogP contribution in [0.2, 0.25) is 0 Å². The molecule has 0 N–H and O–H groups in total. The molecule has 0 heterocycles. The van der Waals surface area contributed by atoms with Gasteiger partial charge in [0.05, 0.1) is 27.7 Å². The lowest BCUT2D eigenvalue weighted by molar-refractivity contribution is -0.870. The zero-order valence-electron chi connectivity index (χ0n) is 50.8. The molecule has 2 atom stereocenters. The number of nitrogens with zero attached hydrogens (tertiary/aromatic N) is 1. The van der Waals surface area contributed by atoms with Crippen LogP contribution in [0.3, 0.4) is 0 Å². The molecule has 10 heteroatoms. The third-order valence-corrected chi connectivity index (χ3v) is 14.3. The summed E-state index contributed by atoms with van der Waals surface area (Å²) in [7, 11) is 1.15. The number of esters is 2. The Morgan fingerprint density at radius 2 is 0.692 bits per heavy atom. The second-order valence-corrected chi connectivity index (χ2v) is 23.4. The van der Waals surface area contributed by atoms with Crippen molar-refractivity contribution in [2.24, 2.45) is 0 Å². The number of ether oxygens (including phenoxy) is 2. The molecule has 0 aromatic carbocycles. The summed E-state index contributed by atoms with van der Waals surface area (Å²) in [4.78, 5) is 37.9. The van der Waals surface area contributed by atoms with Crippen molar-refractivity contribution < 1.29 is 42.1 Å². The second-order valence-electron chi connectivity index (χ2n) is 22.0. The van der Waals surface area contributed by atoms with E-state index in [-0.39, 0.29) is 26.1 Å². The largest absolute Gasteiger partial charge is 0.756 e. The zero-order chi connectivity index (χ0) is 57.0. The molecule has 0 amide bonds. The summed E-state index contributed by atoms with van der Waals surface area (Å²) in [5.74, 6) is -0.859. The topological polar surface area (TPSA) is 111 Å². The van der Waals surface area contributed by atoms with Crippen LogP contribution in [-0.4, -0.2) is 70.0 Å². The number of carbonyl (C=O) groups is 2. The minimum Gasteiger partial charge on any atom is -0.756 e. The molecular formula is C68H118NO8P. The predicted octanol–water partition coefficient (Wildman–Crippen LogP) is 19.5. The maximum absolute atomic E-state index is 12.8. The van der Waals surface area contributed by atoms with Crippen LogP contribution in [0.25, 0.3) is 0 Å². The molecule has 0 aromatic heterocycles. The van der Waals surface area contributed by atoms with Gasteiger partial charge in [0, 0.05) is 12.8 Å². The van der Waals surface area contributed by atoms with E-state index in [0.29, 0.717) is 23.9 Å². The van der Waals surface area contributed by atoms with Gasteiger partial charge < -0.3 is 27.9 Å². The number of carbonyl (C=O) groups excluding carboxylic acids is 2. The van der Waals surface area contributed by atoms with Crippen molar-refractivity contribution in [2.45, 2.75) is 264 Å². The monoisotopic (exact) mass is 1110 g/mol. The number of hydrogen-bond donors (Lipinski definition) is 0. The van der Waals surface area contributed by atoms with E-state index in [9.17, 15) is 19.0 Å².